The average Bonchev–Trinajstić information content (AvgIpc) is 3.02. The molecule has 29 heavy (non-hydrogen) atoms. The lowest BCUT2D eigenvalue weighted by molar-refractivity contribution is -0.142. The molecule has 0 saturated carbocycles. The minimum atomic E-state index is -0.987. The van der Waals surface area contributed by atoms with Crippen LogP contribution in [0.4, 0.5) is 0 Å². The van der Waals surface area contributed by atoms with Gasteiger partial charge in [-0.2, -0.15) is 4.98 Å². The van der Waals surface area contributed by atoms with Crippen LogP contribution < -0.4 is 11.2 Å². The van der Waals surface area contributed by atoms with Gasteiger partial charge in [-0.3, -0.25) is 19.5 Å². The van der Waals surface area contributed by atoms with Crippen molar-refractivity contribution in [2.24, 2.45) is 0 Å². The second-order valence-electron chi connectivity index (χ2n) is 7.47. The maximum absolute atomic E-state index is 12.3. The van der Waals surface area contributed by atoms with E-state index < -0.39 is 29.4 Å². The summed E-state index contributed by atoms with van der Waals surface area (Å²) in [5.41, 5.74) is 1.98. The molecule has 1 fully saturated rings. The van der Waals surface area contributed by atoms with Gasteiger partial charge in [0.2, 0.25) is 0 Å². The van der Waals surface area contributed by atoms with E-state index in [1.165, 1.54) is 0 Å². The SMILES string of the molecule is Cc1cc2nc3c(=O)[nH]c(=O)nc-3n(CCN3CC(O)CC3C(=O)O)c2cc1C. The average molecular weight is 399 g/mol. The number of carbonyl (C=O) groups is 1. The molecule has 2 atom stereocenters. The third-order valence-electron chi connectivity index (χ3n) is 5.50. The Morgan fingerprint density at radius 3 is 2.66 bits per heavy atom. The number of β-amino-alcohol motifs (C(OH)–C–C–N with tert-alkyl or cyclic N) is 1. The van der Waals surface area contributed by atoms with Gasteiger partial charge in [0, 0.05) is 26.1 Å². The Balaban J connectivity index is 1.84. The number of aliphatic hydroxyl groups is 1. The first-order valence-electron chi connectivity index (χ1n) is 9.31. The predicted octanol–water partition coefficient (Wildman–Crippen LogP) is -0.279. The van der Waals surface area contributed by atoms with Crippen LogP contribution in [0, 0.1) is 13.8 Å². The van der Waals surface area contributed by atoms with Crippen molar-refractivity contribution in [3.63, 3.8) is 0 Å². The Morgan fingerprint density at radius 2 is 1.93 bits per heavy atom. The maximum Gasteiger partial charge on any atom is 0.349 e. The summed E-state index contributed by atoms with van der Waals surface area (Å²) in [6.07, 6.45) is -0.537. The van der Waals surface area contributed by atoms with Crippen LogP contribution in [0.1, 0.15) is 17.5 Å². The topological polar surface area (TPSA) is 141 Å². The van der Waals surface area contributed by atoms with E-state index in [0.717, 1.165) is 11.1 Å². The van der Waals surface area contributed by atoms with Gasteiger partial charge in [-0.15, -0.1) is 0 Å². The molecule has 3 aliphatic rings. The first-order valence-corrected chi connectivity index (χ1v) is 9.31. The molecule has 0 aromatic heterocycles. The highest BCUT2D eigenvalue weighted by Gasteiger charge is 2.35. The Morgan fingerprint density at radius 1 is 1.21 bits per heavy atom. The molecule has 3 aliphatic heterocycles. The number of nitrogens with one attached hydrogen (secondary N) is 1. The molecule has 152 valence electrons. The number of likely N-dealkylation sites (tertiary alicyclic amines) is 1. The van der Waals surface area contributed by atoms with Crippen LogP contribution in [0.15, 0.2) is 21.7 Å². The Hall–Kier alpha value is -3.11. The quantitative estimate of drug-likeness (QED) is 0.509. The van der Waals surface area contributed by atoms with Gasteiger partial charge in [0.15, 0.2) is 11.5 Å². The summed E-state index contributed by atoms with van der Waals surface area (Å²) >= 11 is 0. The Bertz CT molecular complexity index is 1200. The molecule has 10 heteroatoms. The second-order valence-corrected chi connectivity index (χ2v) is 7.47. The lowest BCUT2D eigenvalue weighted by Crippen LogP contribution is -2.38. The highest BCUT2D eigenvalue weighted by Crippen LogP contribution is 2.25. The molecule has 1 saturated heterocycles. The highest BCUT2D eigenvalue weighted by molar-refractivity contribution is 5.81. The third kappa shape index (κ3) is 3.40. The molecule has 1 aromatic rings. The summed E-state index contributed by atoms with van der Waals surface area (Å²) in [6, 6.07) is 3.00. The van der Waals surface area contributed by atoms with Crippen LogP contribution in [0.25, 0.3) is 22.6 Å². The van der Waals surface area contributed by atoms with Crippen LogP contribution in [0.3, 0.4) is 0 Å². The fourth-order valence-electron chi connectivity index (χ4n) is 3.89. The molecular weight excluding hydrogens is 378 g/mol. The molecule has 0 amide bonds. The smallest absolute Gasteiger partial charge is 0.349 e. The van der Waals surface area contributed by atoms with Crippen molar-refractivity contribution in [3.05, 3.63) is 44.1 Å². The second kappa shape index (κ2) is 7.05. The van der Waals surface area contributed by atoms with Gasteiger partial charge >= 0.3 is 11.7 Å². The summed E-state index contributed by atoms with van der Waals surface area (Å²) in [4.78, 5) is 47.8. The molecule has 2 unspecified atom stereocenters. The molecule has 0 radical (unpaired) electrons. The fourth-order valence-corrected chi connectivity index (χ4v) is 3.89. The van der Waals surface area contributed by atoms with E-state index in [1.54, 1.807) is 9.47 Å². The standard InChI is InChI=1S/C19H21N5O5/c1-9-5-12-13(6-10(9)2)24(16-15(20-12)17(26)22-19(29)21-16)4-3-23-8-11(25)7-14(23)18(27)28/h5-6,11,14,25H,3-4,7-8H2,1-2H3,(H,27,28)(H,22,26,29). The number of carboxylic acids is 1. The van der Waals surface area contributed by atoms with Crippen molar-refractivity contribution in [2.75, 3.05) is 13.1 Å². The first-order chi connectivity index (χ1) is 13.7. The number of H-pyrrole nitrogens is 1. The van der Waals surface area contributed by atoms with E-state index in [2.05, 4.69) is 15.0 Å². The first kappa shape index (κ1) is 19.2. The number of rotatable bonds is 4. The van der Waals surface area contributed by atoms with Gasteiger partial charge in [-0.05, 0) is 37.1 Å². The van der Waals surface area contributed by atoms with Gasteiger partial charge in [-0.1, -0.05) is 0 Å². The monoisotopic (exact) mass is 399 g/mol. The van der Waals surface area contributed by atoms with Crippen molar-refractivity contribution in [1.29, 1.82) is 0 Å². The minimum absolute atomic E-state index is 0.0524. The number of carboxylic acid groups (broad SMARTS) is 1. The summed E-state index contributed by atoms with van der Waals surface area (Å²) in [5, 5.41) is 19.3. The Kier molecular flexibility index (Phi) is 4.67. The van der Waals surface area contributed by atoms with Crippen LogP contribution in [0.2, 0.25) is 0 Å². The van der Waals surface area contributed by atoms with Crippen LogP contribution in [-0.4, -0.2) is 65.8 Å². The van der Waals surface area contributed by atoms with E-state index in [1.807, 2.05) is 26.0 Å². The van der Waals surface area contributed by atoms with Gasteiger partial charge < -0.3 is 14.8 Å². The van der Waals surface area contributed by atoms with Gasteiger partial charge in [0.1, 0.15) is 6.04 Å². The molecule has 3 heterocycles. The van der Waals surface area contributed by atoms with Gasteiger partial charge in [-0.25, -0.2) is 9.78 Å². The van der Waals surface area contributed by atoms with Crippen molar-refractivity contribution in [1.82, 2.24) is 24.4 Å². The van der Waals surface area contributed by atoms with Crippen molar-refractivity contribution >= 4 is 17.0 Å². The van der Waals surface area contributed by atoms with E-state index >= 15 is 0 Å². The molecule has 1 aromatic carbocycles. The number of fused-ring (bicyclic) bond motifs is 2. The van der Waals surface area contributed by atoms with Crippen molar-refractivity contribution in [3.8, 4) is 11.5 Å². The van der Waals surface area contributed by atoms with Gasteiger partial charge in [0.25, 0.3) is 5.56 Å². The zero-order valence-corrected chi connectivity index (χ0v) is 16.0. The zero-order chi connectivity index (χ0) is 20.9. The maximum atomic E-state index is 12.3. The summed E-state index contributed by atoms with van der Waals surface area (Å²) in [7, 11) is 0. The van der Waals surface area contributed by atoms with Crippen molar-refractivity contribution < 1.29 is 15.0 Å². The number of hydrogen-bond donors (Lipinski definition) is 3. The fraction of sp³-hybridized carbons (Fsp3) is 0.421. The summed E-state index contributed by atoms with van der Waals surface area (Å²) in [5.74, 6) is -0.833. The van der Waals surface area contributed by atoms with E-state index in [0.29, 0.717) is 17.6 Å². The number of aromatic nitrogens is 4. The molecule has 3 N–H and O–H groups in total. The molecule has 10 nitrogen and oxygen atoms in total. The summed E-state index contributed by atoms with van der Waals surface area (Å²) < 4.78 is 1.73. The van der Waals surface area contributed by atoms with E-state index in [4.69, 9.17) is 0 Å². The van der Waals surface area contributed by atoms with Crippen molar-refractivity contribution in [2.45, 2.75) is 39.0 Å². The number of hydrogen-bond acceptors (Lipinski definition) is 7. The number of benzene rings is 1. The highest BCUT2D eigenvalue weighted by atomic mass is 16.4. The molecule has 0 aliphatic carbocycles. The number of aliphatic carboxylic acids is 1. The molecule has 0 bridgehead atoms. The minimum Gasteiger partial charge on any atom is -0.480 e. The number of aryl methyl sites for hydroxylation is 2. The lowest BCUT2D eigenvalue weighted by atomic mass is 10.1. The normalized spacial score (nSPS) is 20.0. The summed E-state index contributed by atoms with van der Waals surface area (Å²) in [6.45, 7) is 4.73. The number of aromatic amines is 1. The number of aliphatic hydroxyl groups excluding tert-OH is 1. The number of nitrogens with zero attached hydrogens (tertiary/aromatic N) is 4. The van der Waals surface area contributed by atoms with Crippen LogP contribution in [0.5, 0.6) is 0 Å². The molecular formula is C19H21N5O5. The van der Waals surface area contributed by atoms with E-state index in [-0.39, 0.29) is 31.0 Å². The van der Waals surface area contributed by atoms with Crippen LogP contribution >= 0.6 is 0 Å². The van der Waals surface area contributed by atoms with E-state index in [9.17, 15) is 24.6 Å². The largest absolute Gasteiger partial charge is 0.480 e. The predicted molar refractivity (Wildman–Crippen MR) is 104 cm³/mol. The molecule has 0 spiro atoms. The third-order valence-corrected chi connectivity index (χ3v) is 5.50. The van der Waals surface area contributed by atoms with Gasteiger partial charge in [0.05, 0.1) is 17.1 Å². The lowest BCUT2D eigenvalue weighted by Gasteiger charge is -2.23. The zero-order valence-electron chi connectivity index (χ0n) is 16.0. The molecule has 4 rings (SSSR count). The Labute approximate surface area is 164 Å². The van der Waals surface area contributed by atoms with Crippen LogP contribution in [-0.2, 0) is 11.3 Å².